The van der Waals surface area contributed by atoms with E-state index < -0.39 is 10.0 Å². The summed E-state index contributed by atoms with van der Waals surface area (Å²) in [6.45, 7) is 6.92. The zero-order chi connectivity index (χ0) is 21.6. The molecule has 0 aliphatic carbocycles. The second kappa shape index (κ2) is 10.2. The Morgan fingerprint density at radius 2 is 1.97 bits per heavy atom. The van der Waals surface area contributed by atoms with Crippen molar-refractivity contribution in [2.75, 3.05) is 49.6 Å². The second-order valence-electron chi connectivity index (χ2n) is 6.75. The number of rotatable bonds is 8. The summed E-state index contributed by atoms with van der Waals surface area (Å²) in [7, 11) is -3.66. The summed E-state index contributed by atoms with van der Waals surface area (Å²) in [6, 6.07) is 6.84. The minimum absolute atomic E-state index is 0.164. The molecular formula is C21H27N3O4S2. The van der Waals surface area contributed by atoms with E-state index in [1.807, 2.05) is 30.7 Å². The Balaban J connectivity index is 1.91. The molecule has 0 radical (unpaired) electrons. The smallest absolute Gasteiger partial charge is 0.248 e. The van der Waals surface area contributed by atoms with Gasteiger partial charge in [-0.3, -0.25) is 4.79 Å². The molecule has 1 saturated heterocycles. The minimum Gasteiger partial charge on any atom is -0.379 e. The van der Waals surface area contributed by atoms with Gasteiger partial charge >= 0.3 is 0 Å². The van der Waals surface area contributed by atoms with Crippen molar-refractivity contribution in [3.63, 3.8) is 0 Å². The minimum atomic E-state index is -3.66. The molecule has 1 aliphatic heterocycles. The molecule has 1 N–H and O–H groups in total. The van der Waals surface area contributed by atoms with Crippen LogP contribution in [0.3, 0.4) is 0 Å². The van der Waals surface area contributed by atoms with E-state index >= 15 is 0 Å². The van der Waals surface area contributed by atoms with Gasteiger partial charge in [0.25, 0.3) is 0 Å². The third-order valence-electron chi connectivity index (χ3n) is 4.91. The van der Waals surface area contributed by atoms with Crippen LogP contribution in [0.5, 0.6) is 0 Å². The second-order valence-corrected chi connectivity index (χ2v) is 9.46. The van der Waals surface area contributed by atoms with Gasteiger partial charge in [-0.1, -0.05) is 0 Å². The molecule has 0 bridgehead atoms. The number of nitrogens with one attached hydrogen (secondary N) is 1. The Bertz CT molecular complexity index is 978. The fraction of sp³-hybridized carbons (Fsp3) is 0.381. The predicted octanol–water partition coefficient (Wildman–Crippen LogP) is 3.27. The van der Waals surface area contributed by atoms with Crippen LogP contribution in [0.2, 0.25) is 0 Å². The highest BCUT2D eigenvalue weighted by atomic mass is 32.2. The summed E-state index contributed by atoms with van der Waals surface area (Å²) in [5, 5.41) is 6.75. The first kappa shape index (κ1) is 22.5. The van der Waals surface area contributed by atoms with Crippen molar-refractivity contribution < 1.29 is 17.9 Å². The number of ether oxygens (including phenoxy) is 1. The maximum absolute atomic E-state index is 13.1. The molecule has 3 rings (SSSR count). The lowest BCUT2D eigenvalue weighted by Gasteiger charge is -2.28. The third-order valence-corrected chi connectivity index (χ3v) is 7.50. The molecule has 7 nitrogen and oxygen atoms in total. The molecule has 0 unspecified atom stereocenters. The number of anilines is 2. The molecule has 162 valence electrons. The van der Waals surface area contributed by atoms with Crippen LogP contribution < -0.4 is 10.2 Å². The number of carbonyl (C=O) groups excluding carboxylic acids is 1. The number of hydrogen-bond donors (Lipinski definition) is 1. The van der Waals surface area contributed by atoms with Crippen LogP contribution in [-0.4, -0.2) is 58.0 Å². The highest BCUT2D eigenvalue weighted by Crippen LogP contribution is 2.30. The summed E-state index contributed by atoms with van der Waals surface area (Å²) < 4.78 is 32.8. The Kier molecular flexibility index (Phi) is 7.65. The highest BCUT2D eigenvalue weighted by molar-refractivity contribution is 7.89. The van der Waals surface area contributed by atoms with Gasteiger partial charge in [0.2, 0.25) is 15.9 Å². The van der Waals surface area contributed by atoms with Crippen LogP contribution in [0.1, 0.15) is 19.4 Å². The van der Waals surface area contributed by atoms with Crippen molar-refractivity contribution >= 4 is 44.7 Å². The van der Waals surface area contributed by atoms with Crippen molar-refractivity contribution in [1.82, 2.24) is 4.31 Å². The average molecular weight is 450 g/mol. The number of morpholine rings is 1. The van der Waals surface area contributed by atoms with E-state index in [4.69, 9.17) is 4.74 Å². The molecule has 1 aliphatic rings. The quantitative estimate of drug-likeness (QED) is 0.626. The van der Waals surface area contributed by atoms with Crippen molar-refractivity contribution in [2.45, 2.75) is 18.7 Å². The molecule has 2 aromatic rings. The first-order chi connectivity index (χ1) is 14.5. The molecule has 1 aromatic carbocycles. The van der Waals surface area contributed by atoms with Gasteiger partial charge in [0.1, 0.15) is 0 Å². The van der Waals surface area contributed by atoms with E-state index in [1.54, 1.807) is 35.6 Å². The van der Waals surface area contributed by atoms with Gasteiger partial charge in [-0.25, -0.2) is 8.42 Å². The highest BCUT2D eigenvalue weighted by Gasteiger charge is 2.27. The van der Waals surface area contributed by atoms with Gasteiger partial charge in [-0.05, 0) is 60.5 Å². The molecule has 1 amide bonds. The number of sulfonamides is 1. The van der Waals surface area contributed by atoms with E-state index in [0.29, 0.717) is 32.0 Å². The van der Waals surface area contributed by atoms with Crippen LogP contribution in [0.4, 0.5) is 11.4 Å². The van der Waals surface area contributed by atoms with Crippen LogP contribution in [-0.2, 0) is 19.6 Å². The summed E-state index contributed by atoms with van der Waals surface area (Å²) in [5.74, 6) is -0.310. The fourth-order valence-corrected chi connectivity index (χ4v) is 5.33. The molecule has 1 fully saturated rings. The van der Waals surface area contributed by atoms with Gasteiger partial charge in [0.05, 0.1) is 29.5 Å². The number of carbonyl (C=O) groups is 1. The van der Waals surface area contributed by atoms with Gasteiger partial charge in [-0.2, -0.15) is 15.6 Å². The van der Waals surface area contributed by atoms with E-state index in [9.17, 15) is 13.2 Å². The third kappa shape index (κ3) is 5.28. The van der Waals surface area contributed by atoms with E-state index in [0.717, 1.165) is 24.3 Å². The maximum Gasteiger partial charge on any atom is 0.248 e. The lowest BCUT2D eigenvalue weighted by atomic mass is 10.2. The van der Waals surface area contributed by atoms with Crippen molar-refractivity contribution in [2.24, 2.45) is 0 Å². The average Bonchev–Trinajstić information content (AvgIpc) is 3.28. The molecule has 2 heterocycles. The van der Waals surface area contributed by atoms with Crippen LogP contribution in [0.25, 0.3) is 6.08 Å². The molecular weight excluding hydrogens is 422 g/mol. The van der Waals surface area contributed by atoms with Gasteiger partial charge in [0, 0.05) is 32.3 Å². The largest absolute Gasteiger partial charge is 0.379 e. The Hall–Kier alpha value is -2.20. The first-order valence-corrected chi connectivity index (χ1v) is 12.3. The van der Waals surface area contributed by atoms with E-state index in [-0.39, 0.29) is 10.8 Å². The topological polar surface area (TPSA) is 79.0 Å². The zero-order valence-corrected chi connectivity index (χ0v) is 18.8. The maximum atomic E-state index is 13.1. The first-order valence-electron chi connectivity index (χ1n) is 9.94. The van der Waals surface area contributed by atoms with Gasteiger partial charge in [-0.15, -0.1) is 0 Å². The van der Waals surface area contributed by atoms with Crippen molar-refractivity contribution in [3.05, 3.63) is 46.7 Å². The lowest BCUT2D eigenvalue weighted by Crippen LogP contribution is -2.40. The van der Waals surface area contributed by atoms with Crippen molar-refractivity contribution in [3.8, 4) is 0 Å². The van der Waals surface area contributed by atoms with Crippen LogP contribution in [0, 0.1) is 0 Å². The molecule has 0 atom stereocenters. The Morgan fingerprint density at radius 3 is 2.60 bits per heavy atom. The molecule has 0 saturated carbocycles. The van der Waals surface area contributed by atoms with E-state index in [1.165, 1.54) is 10.4 Å². The number of amides is 1. The molecule has 9 heteroatoms. The number of thiophene rings is 1. The van der Waals surface area contributed by atoms with Crippen LogP contribution in [0.15, 0.2) is 46.0 Å². The summed E-state index contributed by atoms with van der Waals surface area (Å²) >= 11 is 1.56. The lowest BCUT2D eigenvalue weighted by molar-refractivity contribution is -0.111. The number of nitrogens with zero attached hydrogens (tertiary/aromatic N) is 2. The summed E-state index contributed by atoms with van der Waals surface area (Å²) in [6.07, 6.45) is 3.19. The van der Waals surface area contributed by atoms with Gasteiger partial charge < -0.3 is 15.0 Å². The predicted molar refractivity (Wildman–Crippen MR) is 122 cm³/mol. The Labute approximate surface area is 182 Å². The van der Waals surface area contributed by atoms with Gasteiger partial charge in [0.15, 0.2) is 0 Å². The normalized spacial score (nSPS) is 15.4. The summed E-state index contributed by atoms with van der Waals surface area (Å²) in [4.78, 5) is 14.8. The fourth-order valence-electron chi connectivity index (χ4n) is 3.27. The van der Waals surface area contributed by atoms with Crippen molar-refractivity contribution in [1.29, 1.82) is 0 Å². The monoisotopic (exact) mass is 449 g/mol. The number of hydrogen-bond acceptors (Lipinski definition) is 6. The SMILES string of the molecule is CCN(CC)c1ccc(S(=O)(=O)N2CCOCC2)cc1NC(=O)/C=C/c1ccsc1. The van der Waals surface area contributed by atoms with E-state index in [2.05, 4.69) is 10.2 Å². The molecule has 1 aromatic heterocycles. The molecule has 0 spiro atoms. The standard InChI is InChI=1S/C21H27N3O4S2/c1-3-23(4-2)20-7-6-18(30(26,27)24-10-12-28-13-11-24)15-19(20)22-21(25)8-5-17-9-14-29-16-17/h5-9,14-16H,3-4,10-13H2,1-2H3,(H,22,25)/b8-5+. The van der Waals surface area contributed by atoms with Crippen LogP contribution >= 0.6 is 11.3 Å². The Morgan fingerprint density at radius 1 is 1.23 bits per heavy atom. The molecule has 30 heavy (non-hydrogen) atoms. The number of benzene rings is 1. The summed E-state index contributed by atoms with van der Waals surface area (Å²) in [5.41, 5.74) is 2.22. The zero-order valence-electron chi connectivity index (χ0n) is 17.2.